The van der Waals surface area contributed by atoms with Crippen LogP contribution in [0.5, 0.6) is 5.75 Å². The number of fused-ring (bicyclic) bond motifs is 1. The summed E-state index contributed by atoms with van der Waals surface area (Å²) >= 11 is 0. The minimum absolute atomic E-state index is 0.262. The number of methoxy groups -OCH3 is 1. The number of aromatic nitrogens is 3. The molecule has 0 amide bonds. The van der Waals surface area contributed by atoms with Gasteiger partial charge in [-0.1, -0.05) is 35.9 Å². The maximum Gasteiger partial charge on any atom is 0.118 e. The van der Waals surface area contributed by atoms with E-state index in [1.165, 1.54) is 5.56 Å². The Morgan fingerprint density at radius 1 is 1.00 bits per heavy atom. The molecule has 0 saturated carbocycles. The van der Waals surface area contributed by atoms with E-state index in [9.17, 15) is 0 Å². The van der Waals surface area contributed by atoms with Gasteiger partial charge in [0.15, 0.2) is 0 Å². The Balaban J connectivity index is 1.43. The molecule has 0 saturated heterocycles. The summed E-state index contributed by atoms with van der Waals surface area (Å²) in [4.78, 5) is 9.30. The lowest BCUT2D eigenvalue weighted by molar-refractivity contribution is 0.0925. The maximum absolute atomic E-state index is 6.16. The summed E-state index contributed by atoms with van der Waals surface area (Å²) in [6, 6.07) is 21.0. The van der Waals surface area contributed by atoms with Crippen LogP contribution in [-0.2, 0) is 17.8 Å². The van der Waals surface area contributed by atoms with Crippen LogP contribution >= 0.6 is 0 Å². The van der Waals surface area contributed by atoms with Gasteiger partial charge in [0.2, 0.25) is 0 Å². The lowest BCUT2D eigenvalue weighted by atomic mass is 10.0. The summed E-state index contributed by atoms with van der Waals surface area (Å²) in [5.74, 6) is 1.99. The minimum Gasteiger partial charge on any atom is -0.497 e. The first kappa shape index (κ1) is 20.5. The van der Waals surface area contributed by atoms with Crippen LogP contribution in [0.3, 0.4) is 0 Å². The molecule has 0 bridgehead atoms. The van der Waals surface area contributed by atoms with Crippen molar-refractivity contribution < 1.29 is 9.47 Å². The van der Waals surface area contributed by atoms with Crippen LogP contribution in [0.1, 0.15) is 29.4 Å². The average molecular weight is 426 g/mol. The molecule has 3 heterocycles. The first-order chi connectivity index (χ1) is 15.7. The van der Waals surface area contributed by atoms with E-state index >= 15 is 0 Å². The molecule has 2 aromatic carbocycles. The molecule has 162 valence electrons. The smallest absolute Gasteiger partial charge is 0.118 e. The van der Waals surface area contributed by atoms with Gasteiger partial charge in [-0.15, -0.1) is 0 Å². The van der Waals surface area contributed by atoms with Gasteiger partial charge in [0.1, 0.15) is 11.6 Å². The third kappa shape index (κ3) is 4.04. The van der Waals surface area contributed by atoms with E-state index in [1.807, 2.05) is 36.7 Å². The molecular weight excluding hydrogens is 398 g/mol. The van der Waals surface area contributed by atoms with E-state index in [2.05, 4.69) is 52.9 Å². The Morgan fingerprint density at radius 2 is 1.81 bits per heavy atom. The number of hydrogen-bond acceptors (Lipinski definition) is 4. The predicted octanol–water partition coefficient (Wildman–Crippen LogP) is 5.63. The van der Waals surface area contributed by atoms with Gasteiger partial charge in [0, 0.05) is 29.9 Å². The van der Waals surface area contributed by atoms with E-state index in [1.54, 1.807) is 7.11 Å². The van der Waals surface area contributed by atoms with Crippen molar-refractivity contribution in [2.24, 2.45) is 0 Å². The molecule has 0 radical (unpaired) electrons. The van der Waals surface area contributed by atoms with Crippen LogP contribution in [0, 0.1) is 6.92 Å². The van der Waals surface area contributed by atoms with Gasteiger partial charge in [0.05, 0.1) is 37.8 Å². The van der Waals surface area contributed by atoms with Crippen molar-refractivity contribution in [1.29, 1.82) is 0 Å². The third-order valence-corrected chi connectivity index (χ3v) is 6.03. The van der Waals surface area contributed by atoms with Crippen LogP contribution in [0.2, 0.25) is 0 Å². The molecular formula is C27H27N3O2. The monoisotopic (exact) mass is 425 g/mol. The molecule has 32 heavy (non-hydrogen) atoms. The molecule has 1 aliphatic rings. The topological polar surface area (TPSA) is 49.2 Å². The highest BCUT2D eigenvalue weighted by Crippen LogP contribution is 2.39. The van der Waals surface area contributed by atoms with Gasteiger partial charge in [0.25, 0.3) is 0 Å². The van der Waals surface area contributed by atoms with Gasteiger partial charge in [-0.25, -0.2) is 4.98 Å². The van der Waals surface area contributed by atoms with Crippen molar-refractivity contribution in [3.05, 3.63) is 90.0 Å². The van der Waals surface area contributed by atoms with Crippen molar-refractivity contribution in [1.82, 2.24) is 14.5 Å². The molecule has 2 aromatic heterocycles. The average Bonchev–Trinajstić information content (AvgIpc) is 3.40. The molecule has 4 aromatic rings. The Hall–Kier alpha value is -3.44. The molecule has 0 N–H and O–H groups in total. The van der Waals surface area contributed by atoms with E-state index in [0.29, 0.717) is 13.2 Å². The summed E-state index contributed by atoms with van der Waals surface area (Å²) in [6.07, 6.45) is 5.69. The fourth-order valence-electron chi connectivity index (χ4n) is 4.45. The number of nitrogens with zero attached hydrogens (tertiary/aromatic N) is 3. The molecule has 5 nitrogen and oxygen atoms in total. The lowest BCUT2D eigenvalue weighted by Crippen LogP contribution is -2.13. The van der Waals surface area contributed by atoms with Crippen molar-refractivity contribution in [3.63, 3.8) is 0 Å². The zero-order valence-electron chi connectivity index (χ0n) is 18.5. The second kappa shape index (κ2) is 8.97. The fourth-order valence-corrected chi connectivity index (χ4v) is 4.45. The zero-order valence-corrected chi connectivity index (χ0v) is 18.5. The van der Waals surface area contributed by atoms with Crippen molar-refractivity contribution in [3.8, 4) is 28.3 Å². The normalized spacial score (nSPS) is 15.0. The molecule has 5 heteroatoms. The maximum atomic E-state index is 6.16. The SMILES string of the molecule is COc1ccc(COCC2CCc3nc(-c4cccc(C)c4)c(-c4ccncc4)n32)cc1. The number of pyridine rings is 1. The van der Waals surface area contributed by atoms with Crippen LogP contribution in [-0.4, -0.2) is 28.3 Å². The number of rotatable bonds is 7. The summed E-state index contributed by atoms with van der Waals surface area (Å²) in [6.45, 7) is 3.36. The third-order valence-electron chi connectivity index (χ3n) is 6.03. The highest BCUT2D eigenvalue weighted by Gasteiger charge is 2.30. The summed E-state index contributed by atoms with van der Waals surface area (Å²) < 4.78 is 13.8. The lowest BCUT2D eigenvalue weighted by Gasteiger charge is -2.18. The van der Waals surface area contributed by atoms with E-state index in [0.717, 1.165) is 52.5 Å². The molecule has 0 fully saturated rings. The molecule has 5 rings (SSSR count). The molecule has 1 atom stereocenters. The molecule has 0 spiro atoms. The summed E-state index contributed by atoms with van der Waals surface area (Å²) in [5, 5.41) is 0. The van der Waals surface area contributed by atoms with Crippen LogP contribution in [0.25, 0.3) is 22.5 Å². The first-order valence-corrected chi connectivity index (χ1v) is 11.0. The highest BCUT2D eigenvalue weighted by atomic mass is 16.5. The molecule has 0 aliphatic carbocycles. The Labute approximate surface area is 188 Å². The van der Waals surface area contributed by atoms with Crippen LogP contribution in [0.4, 0.5) is 0 Å². The number of ether oxygens (including phenoxy) is 2. The highest BCUT2D eigenvalue weighted by molar-refractivity contribution is 5.79. The van der Waals surface area contributed by atoms with Crippen molar-refractivity contribution in [2.75, 3.05) is 13.7 Å². The predicted molar refractivity (Wildman–Crippen MR) is 126 cm³/mol. The number of benzene rings is 2. The van der Waals surface area contributed by atoms with Gasteiger partial charge in [-0.05, 0) is 49.2 Å². The second-order valence-corrected chi connectivity index (χ2v) is 8.26. The van der Waals surface area contributed by atoms with E-state index < -0.39 is 0 Å². The van der Waals surface area contributed by atoms with Gasteiger partial charge in [-0.2, -0.15) is 0 Å². The number of hydrogen-bond donors (Lipinski definition) is 0. The van der Waals surface area contributed by atoms with Crippen molar-refractivity contribution in [2.45, 2.75) is 32.4 Å². The largest absolute Gasteiger partial charge is 0.497 e. The van der Waals surface area contributed by atoms with Crippen molar-refractivity contribution >= 4 is 0 Å². The van der Waals surface area contributed by atoms with E-state index in [-0.39, 0.29) is 6.04 Å². The Morgan fingerprint density at radius 3 is 2.56 bits per heavy atom. The molecule has 1 aliphatic heterocycles. The van der Waals surface area contributed by atoms with E-state index in [4.69, 9.17) is 14.5 Å². The fraction of sp³-hybridized carbons (Fsp3) is 0.259. The summed E-state index contributed by atoms with van der Waals surface area (Å²) in [5.41, 5.74) is 6.85. The standard InChI is InChI=1S/C27H27N3O2/c1-19-4-3-5-22(16-19)26-27(21-12-14-28-15-13-21)30-23(8-11-25(30)29-26)18-32-17-20-6-9-24(31-2)10-7-20/h3-7,9-10,12-16,23H,8,11,17-18H2,1-2H3. The van der Waals surface area contributed by atoms with Gasteiger partial charge in [-0.3, -0.25) is 4.98 Å². The first-order valence-electron chi connectivity index (χ1n) is 11.0. The quantitative estimate of drug-likeness (QED) is 0.385. The number of imidazole rings is 1. The Kier molecular flexibility index (Phi) is 5.73. The van der Waals surface area contributed by atoms with Crippen LogP contribution < -0.4 is 4.74 Å². The van der Waals surface area contributed by atoms with Gasteiger partial charge < -0.3 is 14.0 Å². The van der Waals surface area contributed by atoms with Crippen LogP contribution in [0.15, 0.2) is 73.1 Å². The molecule has 1 unspecified atom stereocenters. The van der Waals surface area contributed by atoms with Gasteiger partial charge >= 0.3 is 0 Å². The number of aryl methyl sites for hydroxylation is 2. The second-order valence-electron chi connectivity index (χ2n) is 8.26. The summed E-state index contributed by atoms with van der Waals surface area (Å²) in [7, 11) is 1.68. The minimum atomic E-state index is 0.262. The zero-order chi connectivity index (χ0) is 21.9. The Bertz CT molecular complexity index is 1200.